The topological polar surface area (TPSA) is 43.6 Å². The second-order valence-corrected chi connectivity index (χ2v) is 8.14. The van der Waals surface area contributed by atoms with E-state index in [0.29, 0.717) is 12.5 Å². The smallest absolute Gasteiger partial charge is 0.252 e. The molecule has 122 valence electrons. The summed E-state index contributed by atoms with van der Waals surface area (Å²) in [5, 5.41) is 0. The van der Waals surface area contributed by atoms with Crippen LogP contribution in [0.2, 0.25) is 0 Å². The van der Waals surface area contributed by atoms with Crippen molar-refractivity contribution in [2.75, 3.05) is 13.7 Å². The summed E-state index contributed by atoms with van der Waals surface area (Å²) in [6, 6.07) is 0. The molecule has 1 heterocycles. The summed E-state index contributed by atoms with van der Waals surface area (Å²) in [5.41, 5.74) is 1.42. The number of fused-ring (bicyclic) bond motifs is 1. The quantitative estimate of drug-likeness (QED) is 0.855. The normalized spacial score (nSPS) is 31.2. The minimum Gasteiger partial charge on any atom is -0.383 e. The zero-order valence-electron chi connectivity index (χ0n) is 14.0. The van der Waals surface area contributed by atoms with Crippen LogP contribution in [0.1, 0.15) is 43.2 Å². The first-order chi connectivity index (χ1) is 10.5. The predicted octanol–water partition coefficient (Wildman–Crippen LogP) is 3.07. The standard InChI is InChI=1S/C17H26N2O2S/c1-11-12(2)22-16(19(11)9-10-21-4)18-15(20)14-13-7-5-6-8-17(13,14)3/h13-14H,5-10H2,1-4H3/t13-,14?,17-/m1/s1. The summed E-state index contributed by atoms with van der Waals surface area (Å²) >= 11 is 1.62. The molecule has 22 heavy (non-hydrogen) atoms. The number of nitrogens with zero attached hydrogens (tertiary/aromatic N) is 2. The maximum atomic E-state index is 12.7. The fraction of sp³-hybridized carbons (Fsp3) is 0.765. The number of aryl methyl sites for hydroxylation is 1. The van der Waals surface area contributed by atoms with Gasteiger partial charge in [-0.2, -0.15) is 4.99 Å². The van der Waals surface area contributed by atoms with Crippen LogP contribution in [0.5, 0.6) is 0 Å². The van der Waals surface area contributed by atoms with Gasteiger partial charge in [-0.05, 0) is 38.0 Å². The second kappa shape index (κ2) is 5.93. The summed E-state index contributed by atoms with van der Waals surface area (Å²) in [6.45, 7) is 7.85. The molecule has 5 heteroatoms. The van der Waals surface area contributed by atoms with Gasteiger partial charge >= 0.3 is 0 Å². The van der Waals surface area contributed by atoms with Crippen molar-refractivity contribution in [2.24, 2.45) is 22.2 Å². The molecule has 0 bridgehead atoms. The van der Waals surface area contributed by atoms with Crippen LogP contribution in [-0.2, 0) is 16.1 Å². The Kier molecular flexibility index (Phi) is 4.29. The number of hydrogen-bond acceptors (Lipinski definition) is 3. The molecule has 1 aromatic heterocycles. The molecule has 0 aromatic carbocycles. The molecule has 2 fully saturated rings. The number of rotatable bonds is 4. The summed E-state index contributed by atoms with van der Waals surface area (Å²) in [4.78, 5) is 19.3. The second-order valence-electron chi connectivity index (χ2n) is 6.96. The number of ether oxygens (including phenoxy) is 1. The summed E-state index contributed by atoms with van der Waals surface area (Å²) in [6.07, 6.45) is 4.93. The molecule has 3 rings (SSSR count). The molecule has 0 radical (unpaired) electrons. The fourth-order valence-corrected chi connectivity index (χ4v) is 5.12. The largest absolute Gasteiger partial charge is 0.383 e. The molecular formula is C17H26N2O2S. The molecule has 0 aliphatic heterocycles. The first-order valence-corrected chi connectivity index (χ1v) is 9.05. The lowest BCUT2D eigenvalue weighted by molar-refractivity contribution is -0.120. The minimum absolute atomic E-state index is 0.0989. The SMILES string of the molecule is COCCn1c(C)c(C)sc1=NC(=O)C1[C@H]2CCCC[C@@]12C. The molecule has 1 unspecified atom stereocenters. The number of hydrogen-bond donors (Lipinski definition) is 0. The van der Waals surface area contributed by atoms with Crippen LogP contribution in [0.4, 0.5) is 0 Å². The van der Waals surface area contributed by atoms with E-state index < -0.39 is 0 Å². The van der Waals surface area contributed by atoms with E-state index in [0.717, 1.165) is 11.3 Å². The lowest BCUT2D eigenvalue weighted by Gasteiger charge is -2.15. The Morgan fingerprint density at radius 1 is 1.45 bits per heavy atom. The summed E-state index contributed by atoms with van der Waals surface area (Å²) in [5.74, 6) is 0.836. The molecule has 0 spiro atoms. The van der Waals surface area contributed by atoms with Crippen molar-refractivity contribution in [1.29, 1.82) is 0 Å². The van der Waals surface area contributed by atoms with Crippen LogP contribution in [0.25, 0.3) is 0 Å². The van der Waals surface area contributed by atoms with Crippen LogP contribution in [-0.4, -0.2) is 24.2 Å². The third-order valence-corrected chi connectivity index (χ3v) is 6.81. The number of aromatic nitrogens is 1. The van der Waals surface area contributed by atoms with E-state index in [1.54, 1.807) is 18.4 Å². The van der Waals surface area contributed by atoms with Gasteiger partial charge in [0.25, 0.3) is 5.91 Å². The maximum Gasteiger partial charge on any atom is 0.252 e. The van der Waals surface area contributed by atoms with Crippen molar-refractivity contribution in [2.45, 2.75) is 53.0 Å². The van der Waals surface area contributed by atoms with E-state index in [1.165, 1.54) is 36.3 Å². The number of carbonyl (C=O) groups excluding carboxylic acids is 1. The van der Waals surface area contributed by atoms with Gasteiger partial charge in [0.05, 0.1) is 6.61 Å². The monoisotopic (exact) mass is 322 g/mol. The van der Waals surface area contributed by atoms with Gasteiger partial charge in [0, 0.05) is 30.1 Å². The van der Waals surface area contributed by atoms with Gasteiger partial charge in [-0.15, -0.1) is 11.3 Å². The molecule has 1 aromatic rings. The zero-order chi connectivity index (χ0) is 15.9. The molecule has 0 saturated heterocycles. The zero-order valence-corrected chi connectivity index (χ0v) is 14.8. The van der Waals surface area contributed by atoms with E-state index in [4.69, 9.17) is 4.74 Å². The lowest BCUT2D eigenvalue weighted by Crippen LogP contribution is -2.21. The molecule has 2 aliphatic rings. The molecule has 0 N–H and O–H groups in total. The highest BCUT2D eigenvalue weighted by molar-refractivity contribution is 7.09. The Morgan fingerprint density at radius 2 is 2.23 bits per heavy atom. The summed E-state index contributed by atoms with van der Waals surface area (Å²) in [7, 11) is 1.70. The maximum absolute atomic E-state index is 12.7. The van der Waals surface area contributed by atoms with Crippen molar-refractivity contribution in [3.8, 4) is 0 Å². The van der Waals surface area contributed by atoms with Crippen molar-refractivity contribution in [3.05, 3.63) is 15.4 Å². The van der Waals surface area contributed by atoms with Crippen molar-refractivity contribution >= 4 is 17.2 Å². The van der Waals surface area contributed by atoms with Crippen LogP contribution < -0.4 is 4.80 Å². The lowest BCUT2D eigenvalue weighted by atomic mass is 9.90. The van der Waals surface area contributed by atoms with Crippen molar-refractivity contribution in [3.63, 3.8) is 0 Å². The van der Waals surface area contributed by atoms with Gasteiger partial charge in [0.1, 0.15) is 0 Å². The van der Waals surface area contributed by atoms with Crippen LogP contribution in [0.3, 0.4) is 0 Å². The van der Waals surface area contributed by atoms with E-state index in [2.05, 4.69) is 30.3 Å². The molecule has 1 amide bonds. The Balaban J connectivity index is 1.86. The minimum atomic E-state index is 0.0989. The third-order valence-electron chi connectivity index (χ3n) is 5.71. The Bertz CT molecular complexity index is 646. The molecule has 3 atom stereocenters. The number of carbonyl (C=O) groups is 1. The van der Waals surface area contributed by atoms with Crippen LogP contribution in [0, 0.1) is 31.1 Å². The molecule has 4 nitrogen and oxygen atoms in total. The van der Waals surface area contributed by atoms with Gasteiger partial charge in [-0.25, -0.2) is 0 Å². The highest BCUT2D eigenvalue weighted by Crippen LogP contribution is 2.66. The van der Waals surface area contributed by atoms with Crippen molar-refractivity contribution < 1.29 is 9.53 Å². The Morgan fingerprint density at radius 3 is 2.86 bits per heavy atom. The highest BCUT2D eigenvalue weighted by Gasteiger charge is 2.64. The average molecular weight is 322 g/mol. The van der Waals surface area contributed by atoms with Gasteiger partial charge < -0.3 is 9.30 Å². The number of methoxy groups -OCH3 is 1. The third kappa shape index (κ3) is 2.58. The van der Waals surface area contributed by atoms with E-state index >= 15 is 0 Å². The Hall–Kier alpha value is -0.940. The van der Waals surface area contributed by atoms with Gasteiger partial charge in [0.2, 0.25) is 0 Å². The van der Waals surface area contributed by atoms with E-state index in [1.807, 2.05) is 0 Å². The van der Waals surface area contributed by atoms with Crippen molar-refractivity contribution in [1.82, 2.24) is 4.57 Å². The van der Waals surface area contributed by atoms with Crippen LogP contribution in [0.15, 0.2) is 4.99 Å². The number of amides is 1. The van der Waals surface area contributed by atoms with Gasteiger partial charge in [0.15, 0.2) is 4.80 Å². The number of thiazole rings is 1. The van der Waals surface area contributed by atoms with Gasteiger partial charge in [-0.3, -0.25) is 4.79 Å². The first-order valence-electron chi connectivity index (χ1n) is 8.23. The first kappa shape index (κ1) is 15.9. The van der Waals surface area contributed by atoms with Crippen LogP contribution >= 0.6 is 11.3 Å². The molecule has 2 aliphatic carbocycles. The van der Waals surface area contributed by atoms with E-state index in [9.17, 15) is 4.79 Å². The highest BCUT2D eigenvalue weighted by atomic mass is 32.1. The molecule has 2 saturated carbocycles. The Labute approximate surface area is 136 Å². The molecular weight excluding hydrogens is 296 g/mol. The predicted molar refractivity (Wildman–Crippen MR) is 87.8 cm³/mol. The fourth-order valence-electron chi connectivity index (χ4n) is 4.11. The average Bonchev–Trinajstić information content (AvgIpc) is 3.03. The van der Waals surface area contributed by atoms with E-state index in [-0.39, 0.29) is 17.2 Å². The van der Waals surface area contributed by atoms with Gasteiger partial charge in [-0.1, -0.05) is 19.8 Å². The summed E-state index contributed by atoms with van der Waals surface area (Å²) < 4.78 is 7.30.